The average molecular weight is 407 g/mol. The highest BCUT2D eigenvalue weighted by atomic mass is 16.5. The highest BCUT2D eigenvalue weighted by Gasteiger charge is 2.14. The van der Waals surface area contributed by atoms with Crippen molar-refractivity contribution in [2.75, 3.05) is 24.9 Å². The molecule has 0 saturated heterocycles. The van der Waals surface area contributed by atoms with E-state index in [-0.39, 0.29) is 6.04 Å². The van der Waals surface area contributed by atoms with E-state index < -0.39 is 5.97 Å². The summed E-state index contributed by atoms with van der Waals surface area (Å²) >= 11 is 0. The van der Waals surface area contributed by atoms with Gasteiger partial charge in [0.05, 0.1) is 36.9 Å². The van der Waals surface area contributed by atoms with Crippen molar-refractivity contribution in [1.29, 1.82) is 0 Å². The van der Waals surface area contributed by atoms with Gasteiger partial charge in [-0.15, -0.1) is 0 Å². The first-order valence-corrected chi connectivity index (χ1v) is 9.64. The van der Waals surface area contributed by atoms with E-state index in [1.54, 1.807) is 37.6 Å². The molecule has 0 aliphatic rings. The lowest BCUT2D eigenvalue weighted by Crippen LogP contribution is -2.16. The van der Waals surface area contributed by atoms with Crippen molar-refractivity contribution in [2.24, 2.45) is 0 Å². The first-order chi connectivity index (χ1) is 14.5. The number of nitrogens with one attached hydrogen (secondary N) is 2. The zero-order valence-electron chi connectivity index (χ0n) is 17.5. The van der Waals surface area contributed by atoms with E-state index in [4.69, 9.17) is 9.47 Å². The SMILES string of the molecule is CC[C@@H](C)Nc1nc(Nc2cc(C(=O)OC)ccc2OC)cc(-c2ccccn2)n1. The quantitative estimate of drug-likeness (QED) is 0.534. The standard InChI is InChI=1S/C22H25N5O3/c1-5-14(2)24-22-26-17(16-8-6-7-11-23-16)13-20(27-22)25-18-12-15(21(28)30-4)9-10-19(18)29-3/h6-14H,5H2,1-4H3,(H2,24,25,26,27)/t14-/m1/s1. The maximum absolute atomic E-state index is 11.9. The number of hydrogen-bond donors (Lipinski definition) is 2. The molecule has 0 unspecified atom stereocenters. The van der Waals surface area contributed by atoms with E-state index in [1.807, 2.05) is 18.2 Å². The number of aromatic nitrogens is 3. The Balaban J connectivity index is 2.02. The number of rotatable bonds is 8. The summed E-state index contributed by atoms with van der Waals surface area (Å²) in [5, 5.41) is 6.53. The minimum atomic E-state index is -0.434. The third kappa shape index (κ3) is 5.02. The van der Waals surface area contributed by atoms with Crippen LogP contribution in [-0.4, -0.2) is 41.2 Å². The second kappa shape index (κ2) is 9.69. The summed E-state index contributed by atoms with van der Waals surface area (Å²) in [4.78, 5) is 25.5. The molecule has 2 heterocycles. The van der Waals surface area contributed by atoms with Gasteiger partial charge in [-0.25, -0.2) is 9.78 Å². The van der Waals surface area contributed by atoms with Gasteiger partial charge in [-0.3, -0.25) is 4.98 Å². The van der Waals surface area contributed by atoms with Gasteiger partial charge >= 0.3 is 5.97 Å². The minimum absolute atomic E-state index is 0.203. The lowest BCUT2D eigenvalue weighted by Gasteiger charge is -2.16. The monoisotopic (exact) mass is 407 g/mol. The van der Waals surface area contributed by atoms with Crippen LogP contribution in [0.3, 0.4) is 0 Å². The maximum atomic E-state index is 11.9. The van der Waals surface area contributed by atoms with E-state index in [1.165, 1.54) is 7.11 Å². The van der Waals surface area contributed by atoms with Crippen LogP contribution < -0.4 is 15.4 Å². The molecule has 1 atom stereocenters. The van der Waals surface area contributed by atoms with Crippen LogP contribution in [0.25, 0.3) is 11.4 Å². The average Bonchev–Trinajstić information content (AvgIpc) is 2.78. The molecule has 0 aliphatic carbocycles. The van der Waals surface area contributed by atoms with Crippen molar-refractivity contribution in [3.05, 3.63) is 54.2 Å². The molecule has 8 heteroatoms. The molecule has 156 valence electrons. The van der Waals surface area contributed by atoms with Gasteiger partial charge < -0.3 is 20.1 Å². The zero-order valence-corrected chi connectivity index (χ0v) is 17.5. The second-order valence-electron chi connectivity index (χ2n) is 6.66. The summed E-state index contributed by atoms with van der Waals surface area (Å²) in [5.74, 6) is 1.16. The Morgan fingerprint density at radius 3 is 2.60 bits per heavy atom. The van der Waals surface area contributed by atoms with Gasteiger partial charge in [0.15, 0.2) is 0 Å². The van der Waals surface area contributed by atoms with E-state index in [0.717, 1.165) is 12.1 Å². The van der Waals surface area contributed by atoms with Crippen molar-refractivity contribution in [3.63, 3.8) is 0 Å². The number of pyridine rings is 1. The summed E-state index contributed by atoms with van der Waals surface area (Å²) < 4.78 is 10.2. The summed E-state index contributed by atoms with van der Waals surface area (Å²) in [7, 11) is 2.91. The van der Waals surface area contributed by atoms with Crippen LogP contribution in [0.5, 0.6) is 5.75 Å². The molecule has 3 rings (SSSR count). The third-order valence-electron chi connectivity index (χ3n) is 4.52. The van der Waals surface area contributed by atoms with Crippen LogP contribution in [0.4, 0.5) is 17.5 Å². The second-order valence-corrected chi connectivity index (χ2v) is 6.66. The van der Waals surface area contributed by atoms with Gasteiger partial charge in [0.1, 0.15) is 11.6 Å². The Labute approximate surface area is 175 Å². The number of benzene rings is 1. The molecule has 30 heavy (non-hydrogen) atoms. The van der Waals surface area contributed by atoms with Crippen molar-refractivity contribution in [2.45, 2.75) is 26.3 Å². The van der Waals surface area contributed by atoms with Crippen molar-refractivity contribution < 1.29 is 14.3 Å². The molecular formula is C22H25N5O3. The summed E-state index contributed by atoms with van der Waals surface area (Å²) in [6.45, 7) is 4.15. The van der Waals surface area contributed by atoms with Crippen LogP contribution in [-0.2, 0) is 4.74 Å². The van der Waals surface area contributed by atoms with Crippen LogP contribution in [0.2, 0.25) is 0 Å². The zero-order chi connectivity index (χ0) is 21.5. The molecule has 2 N–H and O–H groups in total. The smallest absolute Gasteiger partial charge is 0.337 e. The predicted octanol–water partition coefficient (Wildman–Crippen LogP) is 4.29. The minimum Gasteiger partial charge on any atom is -0.495 e. The Hall–Kier alpha value is -3.68. The summed E-state index contributed by atoms with van der Waals surface area (Å²) in [6, 6.07) is 12.7. The van der Waals surface area contributed by atoms with Gasteiger partial charge in [-0.05, 0) is 43.7 Å². The molecule has 0 radical (unpaired) electrons. The molecule has 2 aromatic heterocycles. The third-order valence-corrected chi connectivity index (χ3v) is 4.52. The number of hydrogen-bond acceptors (Lipinski definition) is 8. The number of carbonyl (C=O) groups is 1. The number of nitrogens with zero attached hydrogens (tertiary/aromatic N) is 3. The van der Waals surface area contributed by atoms with E-state index in [2.05, 4.69) is 39.4 Å². The van der Waals surface area contributed by atoms with Crippen LogP contribution in [0.15, 0.2) is 48.7 Å². The van der Waals surface area contributed by atoms with Crippen molar-refractivity contribution in [1.82, 2.24) is 15.0 Å². The first kappa shape index (κ1) is 21.0. The summed E-state index contributed by atoms with van der Waals surface area (Å²) in [6.07, 6.45) is 2.64. The van der Waals surface area contributed by atoms with Gasteiger partial charge in [-0.2, -0.15) is 4.98 Å². The number of anilines is 3. The van der Waals surface area contributed by atoms with Crippen molar-refractivity contribution >= 4 is 23.4 Å². The molecule has 8 nitrogen and oxygen atoms in total. The molecule has 0 fully saturated rings. The fraction of sp³-hybridized carbons (Fsp3) is 0.273. The molecule has 3 aromatic rings. The Bertz CT molecular complexity index is 1010. The number of ether oxygens (including phenoxy) is 2. The Morgan fingerprint density at radius 2 is 1.93 bits per heavy atom. The van der Waals surface area contributed by atoms with Crippen LogP contribution >= 0.6 is 0 Å². The Morgan fingerprint density at radius 1 is 1.10 bits per heavy atom. The molecule has 0 amide bonds. The Kier molecular flexibility index (Phi) is 6.79. The fourth-order valence-corrected chi connectivity index (χ4v) is 2.73. The number of esters is 1. The predicted molar refractivity (Wildman–Crippen MR) is 116 cm³/mol. The number of methoxy groups -OCH3 is 2. The van der Waals surface area contributed by atoms with Gasteiger partial charge in [-0.1, -0.05) is 13.0 Å². The molecule has 0 aliphatic heterocycles. The van der Waals surface area contributed by atoms with Crippen molar-refractivity contribution in [3.8, 4) is 17.1 Å². The molecule has 1 aromatic carbocycles. The van der Waals surface area contributed by atoms with Gasteiger partial charge in [0.25, 0.3) is 0 Å². The topological polar surface area (TPSA) is 98.3 Å². The van der Waals surface area contributed by atoms with E-state index >= 15 is 0 Å². The largest absolute Gasteiger partial charge is 0.495 e. The lowest BCUT2D eigenvalue weighted by atomic mass is 10.2. The molecule has 0 saturated carbocycles. The number of carbonyl (C=O) groups excluding carboxylic acids is 1. The maximum Gasteiger partial charge on any atom is 0.337 e. The van der Waals surface area contributed by atoms with Crippen LogP contribution in [0, 0.1) is 0 Å². The molecule has 0 spiro atoms. The van der Waals surface area contributed by atoms with Gasteiger partial charge in [0, 0.05) is 18.3 Å². The molecule has 0 bridgehead atoms. The first-order valence-electron chi connectivity index (χ1n) is 9.64. The molecular weight excluding hydrogens is 382 g/mol. The van der Waals surface area contributed by atoms with E-state index in [0.29, 0.717) is 34.5 Å². The van der Waals surface area contributed by atoms with Gasteiger partial charge in [0.2, 0.25) is 5.95 Å². The highest BCUT2D eigenvalue weighted by Crippen LogP contribution is 2.30. The highest BCUT2D eigenvalue weighted by molar-refractivity contribution is 5.91. The van der Waals surface area contributed by atoms with E-state index in [9.17, 15) is 4.79 Å². The van der Waals surface area contributed by atoms with Crippen LogP contribution in [0.1, 0.15) is 30.6 Å². The lowest BCUT2D eigenvalue weighted by molar-refractivity contribution is 0.0600. The summed E-state index contributed by atoms with van der Waals surface area (Å²) in [5.41, 5.74) is 2.38. The fourth-order valence-electron chi connectivity index (χ4n) is 2.73. The normalized spacial score (nSPS) is 11.5.